The van der Waals surface area contributed by atoms with Gasteiger partial charge in [0.1, 0.15) is 0 Å². The van der Waals surface area contributed by atoms with Crippen LogP contribution in [0.4, 0.5) is 11.4 Å². The van der Waals surface area contributed by atoms with Crippen LogP contribution in [-0.4, -0.2) is 14.3 Å². The van der Waals surface area contributed by atoms with Gasteiger partial charge in [-0.15, -0.1) is 0 Å². The highest BCUT2D eigenvalue weighted by Crippen LogP contribution is 2.25. The summed E-state index contributed by atoms with van der Waals surface area (Å²) in [5.74, 6) is 0.183. The zero-order valence-electron chi connectivity index (χ0n) is 15.0. The highest BCUT2D eigenvalue weighted by Gasteiger charge is 2.18. The van der Waals surface area contributed by atoms with Gasteiger partial charge in [-0.05, 0) is 54.7 Å². The molecular formula is C19H24N2O3S. The molecule has 0 aliphatic carbocycles. The van der Waals surface area contributed by atoms with E-state index in [4.69, 9.17) is 0 Å². The Hall–Kier alpha value is -2.34. The van der Waals surface area contributed by atoms with Gasteiger partial charge in [-0.3, -0.25) is 9.52 Å². The molecule has 0 fully saturated rings. The van der Waals surface area contributed by atoms with Gasteiger partial charge in [-0.1, -0.05) is 32.0 Å². The quantitative estimate of drug-likeness (QED) is 0.808. The number of nitrogens with one attached hydrogen (secondary N) is 2. The first-order chi connectivity index (χ1) is 11.7. The lowest BCUT2D eigenvalue weighted by molar-refractivity contribution is -0.114. The third kappa shape index (κ3) is 4.82. The number of sulfonamides is 1. The molecule has 0 bridgehead atoms. The molecule has 0 radical (unpaired) electrons. The molecule has 5 nitrogen and oxygen atoms in total. The van der Waals surface area contributed by atoms with Gasteiger partial charge >= 0.3 is 0 Å². The molecule has 134 valence electrons. The number of rotatable bonds is 6. The minimum Gasteiger partial charge on any atom is -0.326 e. The van der Waals surface area contributed by atoms with Crippen LogP contribution in [0.3, 0.4) is 0 Å². The fraction of sp³-hybridized carbons (Fsp3) is 0.316. The molecule has 0 saturated heterocycles. The molecule has 0 aliphatic rings. The molecule has 0 spiro atoms. The van der Waals surface area contributed by atoms with Crippen LogP contribution in [0.25, 0.3) is 0 Å². The van der Waals surface area contributed by atoms with Crippen LogP contribution in [0.15, 0.2) is 47.4 Å². The number of aryl methyl sites for hydroxylation is 1. The zero-order valence-corrected chi connectivity index (χ0v) is 15.8. The number of hydrogen-bond donors (Lipinski definition) is 2. The van der Waals surface area contributed by atoms with Crippen LogP contribution < -0.4 is 10.0 Å². The normalized spacial score (nSPS) is 12.5. The molecule has 0 saturated carbocycles. The van der Waals surface area contributed by atoms with E-state index >= 15 is 0 Å². The number of carbonyl (C=O) groups excluding carboxylic acids is 1. The van der Waals surface area contributed by atoms with Crippen molar-refractivity contribution < 1.29 is 13.2 Å². The van der Waals surface area contributed by atoms with E-state index in [0.29, 0.717) is 22.9 Å². The van der Waals surface area contributed by atoms with E-state index in [1.165, 1.54) is 18.6 Å². The van der Waals surface area contributed by atoms with Crippen molar-refractivity contribution in [1.82, 2.24) is 0 Å². The number of benzene rings is 2. The van der Waals surface area contributed by atoms with Gasteiger partial charge in [-0.25, -0.2) is 8.42 Å². The second-order valence-electron chi connectivity index (χ2n) is 6.20. The Bertz CT molecular complexity index is 859. The first-order valence-electron chi connectivity index (χ1n) is 8.24. The maximum atomic E-state index is 12.7. The Labute approximate surface area is 149 Å². The molecule has 6 heteroatoms. The third-order valence-corrected chi connectivity index (χ3v) is 5.67. The SMILES string of the molecule is CC[C@@H](C)c1ccc(NS(=O)(=O)c2cc(NC(C)=O)ccc2C)cc1. The first kappa shape index (κ1) is 19.0. The van der Waals surface area contributed by atoms with Gasteiger partial charge in [0.15, 0.2) is 0 Å². The van der Waals surface area contributed by atoms with E-state index in [0.717, 1.165) is 6.42 Å². The van der Waals surface area contributed by atoms with Gasteiger partial charge in [-0.2, -0.15) is 0 Å². The predicted octanol–water partition coefficient (Wildman–Crippen LogP) is 4.27. The van der Waals surface area contributed by atoms with Crippen LogP contribution >= 0.6 is 0 Å². The van der Waals surface area contributed by atoms with E-state index < -0.39 is 10.0 Å². The summed E-state index contributed by atoms with van der Waals surface area (Å²) >= 11 is 0. The number of amides is 1. The van der Waals surface area contributed by atoms with E-state index in [1.807, 2.05) is 12.1 Å². The zero-order chi connectivity index (χ0) is 18.6. The minimum atomic E-state index is -3.74. The summed E-state index contributed by atoms with van der Waals surface area (Å²) < 4.78 is 28.0. The molecule has 0 aliphatic heterocycles. The smallest absolute Gasteiger partial charge is 0.262 e. The summed E-state index contributed by atoms with van der Waals surface area (Å²) in [5, 5.41) is 2.60. The molecule has 2 aromatic carbocycles. The van der Waals surface area contributed by atoms with E-state index in [-0.39, 0.29) is 10.8 Å². The van der Waals surface area contributed by atoms with Gasteiger partial charge in [0.25, 0.3) is 10.0 Å². The second kappa shape index (κ2) is 7.70. The first-order valence-corrected chi connectivity index (χ1v) is 9.72. The molecule has 0 heterocycles. The maximum absolute atomic E-state index is 12.7. The third-order valence-electron chi connectivity index (χ3n) is 4.14. The van der Waals surface area contributed by atoms with Crippen molar-refractivity contribution in [3.63, 3.8) is 0 Å². The highest BCUT2D eigenvalue weighted by atomic mass is 32.2. The van der Waals surface area contributed by atoms with Crippen molar-refractivity contribution in [2.45, 2.75) is 44.9 Å². The molecule has 2 rings (SSSR count). The Morgan fingerprint density at radius 2 is 1.68 bits per heavy atom. The topological polar surface area (TPSA) is 75.3 Å². The second-order valence-corrected chi connectivity index (χ2v) is 7.85. The summed E-state index contributed by atoms with van der Waals surface area (Å²) in [7, 11) is -3.74. The molecule has 2 aromatic rings. The van der Waals surface area contributed by atoms with E-state index in [9.17, 15) is 13.2 Å². The predicted molar refractivity (Wildman–Crippen MR) is 101 cm³/mol. The fourth-order valence-electron chi connectivity index (χ4n) is 2.50. The number of hydrogen-bond acceptors (Lipinski definition) is 3. The number of anilines is 2. The summed E-state index contributed by atoms with van der Waals surface area (Å²) in [6.07, 6.45) is 1.03. The van der Waals surface area contributed by atoms with Crippen LogP contribution in [0.5, 0.6) is 0 Å². The average molecular weight is 360 g/mol. The Kier molecular flexibility index (Phi) is 5.85. The lowest BCUT2D eigenvalue weighted by atomic mass is 9.99. The Morgan fingerprint density at radius 3 is 2.24 bits per heavy atom. The van der Waals surface area contributed by atoms with Crippen LogP contribution in [0, 0.1) is 6.92 Å². The van der Waals surface area contributed by atoms with Gasteiger partial charge in [0, 0.05) is 18.3 Å². The summed E-state index contributed by atoms with van der Waals surface area (Å²) in [6, 6.07) is 12.2. The monoisotopic (exact) mass is 360 g/mol. The molecule has 1 atom stereocenters. The van der Waals surface area contributed by atoms with Crippen LogP contribution in [0.1, 0.15) is 44.2 Å². The van der Waals surface area contributed by atoms with Gasteiger partial charge in [0.2, 0.25) is 5.91 Å². The summed E-state index contributed by atoms with van der Waals surface area (Å²) in [6.45, 7) is 7.35. The van der Waals surface area contributed by atoms with Gasteiger partial charge < -0.3 is 5.32 Å². The largest absolute Gasteiger partial charge is 0.326 e. The van der Waals surface area contributed by atoms with Crippen molar-refractivity contribution in [3.05, 3.63) is 53.6 Å². The standard InChI is InChI=1S/C19H24N2O3S/c1-5-13(2)16-7-10-17(11-8-16)21-25(23,24)19-12-18(20-15(4)22)9-6-14(19)3/h6-13,21H,5H2,1-4H3,(H,20,22)/t13-/m1/s1. The summed E-state index contributed by atoms with van der Waals surface area (Å²) in [5.41, 5.74) is 2.74. The average Bonchev–Trinajstić information content (AvgIpc) is 2.55. The van der Waals surface area contributed by atoms with Crippen molar-refractivity contribution in [2.24, 2.45) is 0 Å². The van der Waals surface area contributed by atoms with Crippen molar-refractivity contribution in [3.8, 4) is 0 Å². The van der Waals surface area contributed by atoms with E-state index in [1.54, 1.807) is 31.2 Å². The Morgan fingerprint density at radius 1 is 1.08 bits per heavy atom. The minimum absolute atomic E-state index is 0.143. The molecular weight excluding hydrogens is 336 g/mol. The fourth-order valence-corrected chi connectivity index (χ4v) is 3.83. The lowest BCUT2D eigenvalue weighted by Crippen LogP contribution is -2.15. The van der Waals surface area contributed by atoms with Gasteiger partial charge in [0.05, 0.1) is 4.90 Å². The van der Waals surface area contributed by atoms with E-state index in [2.05, 4.69) is 23.9 Å². The van der Waals surface area contributed by atoms with Crippen molar-refractivity contribution in [2.75, 3.05) is 10.0 Å². The van der Waals surface area contributed by atoms with Crippen LogP contribution in [0.2, 0.25) is 0 Å². The highest BCUT2D eigenvalue weighted by molar-refractivity contribution is 7.92. The Balaban J connectivity index is 2.28. The number of carbonyl (C=O) groups is 1. The van der Waals surface area contributed by atoms with Crippen molar-refractivity contribution >= 4 is 27.3 Å². The molecule has 0 unspecified atom stereocenters. The molecule has 25 heavy (non-hydrogen) atoms. The van der Waals surface area contributed by atoms with Crippen molar-refractivity contribution in [1.29, 1.82) is 0 Å². The summed E-state index contributed by atoms with van der Waals surface area (Å²) in [4.78, 5) is 11.3. The van der Waals surface area contributed by atoms with Crippen LogP contribution in [-0.2, 0) is 14.8 Å². The molecule has 1 amide bonds. The maximum Gasteiger partial charge on any atom is 0.262 e. The lowest BCUT2D eigenvalue weighted by Gasteiger charge is -2.14. The molecule has 2 N–H and O–H groups in total. The molecule has 0 aromatic heterocycles.